The molecule has 6 heteroatoms. The van der Waals surface area contributed by atoms with Crippen LogP contribution in [0.4, 0.5) is 10.6 Å². The highest BCUT2D eigenvalue weighted by molar-refractivity contribution is 7.99. The fourth-order valence-electron chi connectivity index (χ4n) is 1.49. The topological polar surface area (TPSA) is 59.0 Å². The van der Waals surface area contributed by atoms with Crippen LogP contribution in [0.15, 0.2) is 47.5 Å². The number of aromatic nitrogens is 2. The molecule has 2 amide bonds. The summed E-state index contributed by atoms with van der Waals surface area (Å²) < 4.78 is 1.64. The molecule has 1 aromatic heterocycles. The van der Waals surface area contributed by atoms with E-state index in [-0.39, 0.29) is 6.03 Å². The molecule has 0 spiro atoms. The molecule has 100 valence electrons. The third-order valence-electron chi connectivity index (χ3n) is 2.35. The van der Waals surface area contributed by atoms with E-state index >= 15 is 0 Å². The number of nitrogens with zero attached hydrogens (tertiary/aromatic N) is 2. The fraction of sp³-hybridized carbons (Fsp3) is 0.231. The molecular weight excluding hydrogens is 260 g/mol. The molecule has 0 saturated carbocycles. The van der Waals surface area contributed by atoms with Crippen LogP contribution in [0.1, 0.15) is 0 Å². The number of anilines is 1. The van der Waals surface area contributed by atoms with Crippen LogP contribution in [0.25, 0.3) is 0 Å². The Bertz CT molecular complexity index is 526. The Balaban J connectivity index is 1.64. The average molecular weight is 276 g/mol. The van der Waals surface area contributed by atoms with Crippen LogP contribution in [0, 0.1) is 0 Å². The van der Waals surface area contributed by atoms with E-state index in [4.69, 9.17) is 0 Å². The van der Waals surface area contributed by atoms with Gasteiger partial charge >= 0.3 is 6.03 Å². The Hall–Kier alpha value is -1.95. The standard InChI is InChI=1S/C13H16N4OS/c1-17-9-7-12(16-17)15-13(18)14-8-10-19-11-5-3-2-4-6-11/h2-7,9H,8,10H2,1H3,(H2,14,15,16,18). The minimum absolute atomic E-state index is 0.229. The number of carbonyl (C=O) groups is 1. The van der Waals surface area contributed by atoms with E-state index < -0.39 is 0 Å². The Labute approximate surface area is 116 Å². The van der Waals surface area contributed by atoms with Crippen molar-refractivity contribution in [2.75, 3.05) is 17.6 Å². The quantitative estimate of drug-likeness (QED) is 0.651. The van der Waals surface area contributed by atoms with Crippen molar-refractivity contribution in [1.29, 1.82) is 0 Å². The summed E-state index contributed by atoms with van der Waals surface area (Å²) in [6, 6.07) is 11.6. The van der Waals surface area contributed by atoms with E-state index in [1.54, 1.807) is 35.8 Å². The van der Waals surface area contributed by atoms with Crippen LogP contribution >= 0.6 is 11.8 Å². The molecule has 0 fully saturated rings. The van der Waals surface area contributed by atoms with E-state index in [1.165, 1.54) is 4.90 Å². The largest absolute Gasteiger partial charge is 0.337 e. The van der Waals surface area contributed by atoms with Crippen molar-refractivity contribution in [3.8, 4) is 0 Å². The molecule has 0 saturated heterocycles. The van der Waals surface area contributed by atoms with Gasteiger partial charge in [0.15, 0.2) is 5.82 Å². The van der Waals surface area contributed by atoms with Gasteiger partial charge in [-0.3, -0.25) is 10.00 Å². The van der Waals surface area contributed by atoms with Crippen molar-refractivity contribution in [3.05, 3.63) is 42.6 Å². The first-order valence-corrected chi connectivity index (χ1v) is 6.95. The minimum atomic E-state index is -0.229. The third kappa shape index (κ3) is 4.67. The van der Waals surface area contributed by atoms with Gasteiger partial charge in [0.2, 0.25) is 0 Å². The molecule has 0 bridgehead atoms. The zero-order valence-corrected chi connectivity index (χ0v) is 11.5. The minimum Gasteiger partial charge on any atom is -0.337 e. The number of urea groups is 1. The highest BCUT2D eigenvalue weighted by atomic mass is 32.2. The number of thioether (sulfide) groups is 1. The van der Waals surface area contributed by atoms with Gasteiger partial charge in [-0.05, 0) is 12.1 Å². The SMILES string of the molecule is Cn1ccc(NC(=O)NCCSc2ccccc2)n1. The molecule has 1 aromatic carbocycles. The number of nitrogens with one attached hydrogen (secondary N) is 2. The Morgan fingerprint density at radius 1 is 1.32 bits per heavy atom. The van der Waals surface area contributed by atoms with Crippen LogP contribution in [-0.4, -0.2) is 28.1 Å². The summed E-state index contributed by atoms with van der Waals surface area (Å²) in [6.07, 6.45) is 1.78. The molecule has 2 aromatic rings. The van der Waals surface area contributed by atoms with Crippen molar-refractivity contribution in [3.63, 3.8) is 0 Å². The third-order valence-corrected chi connectivity index (χ3v) is 3.37. The van der Waals surface area contributed by atoms with Gasteiger partial charge < -0.3 is 5.32 Å². The maximum atomic E-state index is 11.6. The predicted octanol–water partition coefficient (Wildman–Crippen LogP) is 2.33. The van der Waals surface area contributed by atoms with Crippen molar-refractivity contribution in [2.24, 2.45) is 7.05 Å². The van der Waals surface area contributed by atoms with E-state index in [0.717, 1.165) is 5.75 Å². The van der Waals surface area contributed by atoms with Crippen molar-refractivity contribution in [2.45, 2.75) is 4.90 Å². The Kier molecular flexibility index (Phi) is 4.85. The number of aryl methyl sites for hydroxylation is 1. The van der Waals surface area contributed by atoms with Crippen LogP contribution < -0.4 is 10.6 Å². The normalized spacial score (nSPS) is 10.2. The lowest BCUT2D eigenvalue weighted by Crippen LogP contribution is -2.30. The number of hydrogen-bond acceptors (Lipinski definition) is 3. The zero-order valence-electron chi connectivity index (χ0n) is 10.7. The van der Waals surface area contributed by atoms with E-state index in [0.29, 0.717) is 12.4 Å². The van der Waals surface area contributed by atoms with Gasteiger partial charge in [-0.1, -0.05) is 18.2 Å². The molecule has 1 heterocycles. The lowest BCUT2D eigenvalue weighted by atomic mass is 10.4. The van der Waals surface area contributed by atoms with Crippen molar-refractivity contribution < 1.29 is 4.79 Å². The predicted molar refractivity (Wildman–Crippen MR) is 77.4 cm³/mol. The van der Waals surface area contributed by atoms with Crippen molar-refractivity contribution in [1.82, 2.24) is 15.1 Å². The summed E-state index contributed by atoms with van der Waals surface area (Å²) in [6.45, 7) is 0.609. The van der Waals surface area contributed by atoms with Gasteiger partial charge in [-0.2, -0.15) is 5.10 Å². The molecule has 5 nitrogen and oxygen atoms in total. The molecule has 0 unspecified atom stereocenters. The summed E-state index contributed by atoms with van der Waals surface area (Å²) in [5.41, 5.74) is 0. The molecule has 19 heavy (non-hydrogen) atoms. The number of rotatable bonds is 5. The molecule has 0 aliphatic heterocycles. The second kappa shape index (κ2) is 6.84. The molecule has 0 aliphatic rings. The first kappa shape index (κ1) is 13.5. The summed E-state index contributed by atoms with van der Waals surface area (Å²) >= 11 is 1.71. The maximum Gasteiger partial charge on any atom is 0.320 e. The van der Waals surface area contributed by atoms with Gasteiger partial charge in [0, 0.05) is 36.5 Å². The summed E-state index contributed by atoms with van der Waals surface area (Å²) in [5.74, 6) is 1.38. The van der Waals surface area contributed by atoms with Crippen LogP contribution in [0.3, 0.4) is 0 Å². The van der Waals surface area contributed by atoms with E-state index in [9.17, 15) is 4.79 Å². The van der Waals surface area contributed by atoms with Gasteiger partial charge in [-0.15, -0.1) is 11.8 Å². The lowest BCUT2D eigenvalue weighted by molar-refractivity contribution is 0.252. The molecular formula is C13H16N4OS. The number of hydrogen-bond donors (Lipinski definition) is 2. The Morgan fingerprint density at radius 3 is 2.79 bits per heavy atom. The molecule has 2 N–H and O–H groups in total. The highest BCUT2D eigenvalue weighted by Gasteiger charge is 2.02. The first-order chi connectivity index (χ1) is 9.24. The van der Waals surface area contributed by atoms with Crippen molar-refractivity contribution >= 4 is 23.6 Å². The second-order valence-electron chi connectivity index (χ2n) is 3.92. The van der Waals surface area contributed by atoms with Crippen LogP contribution in [0.2, 0.25) is 0 Å². The lowest BCUT2D eigenvalue weighted by Gasteiger charge is -2.05. The van der Waals surface area contributed by atoms with Crippen LogP contribution in [-0.2, 0) is 7.05 Å². The number of amides is 2. The maximum absolute atomic E-state index is 11.6. The molecule has 0 aliphatic carbocycles. The van der Waals surface area contributed by atoms with E-state index in [1.807, 2.05) is 18.2 Å². The molecule has 0 atom stereocenters. The zero-order chi connectivity index (χ0) is 13.5. The van der Waals surface area contributed by atoms with Gasteiger partial charge in [0.25, 0.3) is 0 Å². The van der Waals surface area contributed by atoms with Gasteiger partial charge in [0.05, 0.1) is 0 Å². The second-order valence-corrected chi connectivity index (χ2v) is 5.09. The van der Waals surface area contributed by atoms with E-state index in [2.05, 4.69) is 27.9 Å². The van der Waals surface area contributed by atoms with Crippen LogP contribution in [0.5, 0.6) is 0 Å². The monoisotopic (exact) mass is 276 g/mol. The molecule has 0 radical (unpaired) electrons. The average Bonchev–Trinajstić information content (AvgIpc) is 2.81. The summed E-state index contributed by atoms with van der Waals surface area (Å²) in [5, 5.41) is 9.53. The first-order valence-electron chi connectivity index (χ1n) is 5.96. The van der Waals surface area contributed by atoms with Gasteiger partial charge in [0.1, 0.15) is 0 Å². The smallest absolute Gasteiger partial charge is 0.320 e. The molecule has 2 rings (SSSR count). The Morgan fingerprint density at radius 2 is 2.11 bits per heavy atom. The number of carbonyl (C=O) groups excluding carboxylic acids is 1. The highest BCUT2D eigenvalue weighted by Crippen LogP contribution is 2.15. The summed E-state index contributed by atoms with van der Waals surface area (Å²) in [4.78, 5) is 12.8. The fourth-order valence-corrected chi connectivity index (χ4v) is 2.28. The van der Waals surface area contributed by atoms with Gasteiger partial charge in [-0.25, -0.2) is 4.79 Å². The summed E-state index contributed by atoms with van der Waals surface area (Å²) in [7, 11) is 1.81. The number of benzene rings is 1.